The van der Waals surface area contributed by atoms with E-state index in [9.17, 15) is 39.0 Å². The molecule has 9 N–H and O–H groups in total. The van der Waals surface area contributed by atoms with Gasteiger partial charge in [-0.2, -0.15) is 0 Å². The third kappa shape index (κ3) is 11.7. The molecule has 45 heavy (non-hydrogen) atoms. The Hall–Kier alpha value is -4.82. The molecule has 0 aliphatic rings. The Balaban J connectivity index is 2.19. The van der Waals surface area contributed by atoms with Gasteiger partial charge in [0.05, 0.1) is 17.6 Å². The van der Waals surface area contributed by atoms with E-state index >= 15 is 0 Å². The summed E-state index contributed by atoms with van der Waals surface area (Å²) < 4.78 is 0. The molecule has 0 heterocycles. The van der Waals surface area contributed by atoms with Gasteiger partial charge in [-0.25, -0.2) is 4.79 Å². The zero-order chi connectivity index (χ0) is 33.7. The maximum absolute atomic E-state index is 13.4. The van der Waals surface area contributed by atoms with Gasteiger partial charge in [0.2, 0.25) is 17.7 Å². The molecule has 0 spiro atoms. The summed E-state index contributed by atoms with van der Waals surface area (Å²) >= 11 is 0. The predicted molar refractivity (Wildman–Crippen MR) is 164 cm³/mol. The molecule has 0 aliphatic heterocycles. The summed E-state index contributed by atoms with van der Waals surface area (Å²) in [5.41, 5.74) is 6.53. The van der Waals surface area contributed by atoms with Crippen molar-refractivity contribution in [3.63, 3.8) is 0 Å². The molecule has 2 aromatic carbocycles. The van der Waals surface area contributed by atoms with Crippen molar-refractivity contribution in [1.82, 2.24) is 16.0 Å². The molecule has 0 saturated carbocycles. The van der Waals surface area contributed by atoms with E-state index in [-0.39, 0.29) is 36.9 Å². The quantitative estimate of drug-likeness (QED) is 0.122. The van der Waals surface area contributed by atoms with Crippen LogP contribution in [0.4, 0.5) is 5.69 Å². The van der Waals surface area contributed by atoms with Gasteiger partial charge in [-0.15, -0.1) is 0 Å². The second-order valence-electron chi connectivity index (χ2n) is 10.9. The van der Waals surface area contributed by atoms with Crippen molar-refractivity contribution in [2.45, 2.75) is 76.7 Å². The normalized spacial score (nSPS) is 14.3. The molecule has 0 aliphatic carbocycles. The number of nitrogens with two attached hydrogens (primary N) is 1. The Kier molecular flexibility index (Phi) is 14.1. The van der Waals surface area contributed by atoms with E-state index < -0.39 is 71.8 Å². The van der Waals surface area contributed by atoms with E-state index in [2.05, 4.69) is 21.3 Å². The zero-order valence-electron chi connectivity index (χ0n) is 25.4. The molecule has 4 amide bonds. The van der Waals surface area contributed by atoms with Crippen LogP contribution < -0.4 is 27.0 Å². The molecule has 0 fully saturated rings. The number of carbonyl (C=O) groups excluding carboxylic acids is 4. The van der Waals surface area contributed by atoms with Crippen LogP contribution in [-0.2, 0) is 30.4 Å². The highest BCUT2D eigenvalue weighted by Gasteiger charge is 2.33. The number of benzene rings is 2. The van der Waals surface area contributed by atoms with Crippen LogP contribution in [0.1, 0.15) is 56.0 Å². The van der Waals surface area contributed by atoms with Crippen molar-refractivity contribution in [2.24, 2.45) is 11.7 Å². The standard InChI is InChI=1S/C31H41N5O9/c1-4-22(34-29(42)25(17(2)3)36-27(40)21(32)13-14-24(37)38)28(41)35-23(15-18-9-6-5-7-10-18)26(39)30(43)33-20-12-8-11-19(16-20)31(44)45/h5-12,16-17,21-23,25-26,39H,4,13-15,32H2,1-3H3,(H,33,43)(H,34,42)(H,35,41)(H,36,40)(H,37,38)(H,44,45)/t21-,22-,23-,25-,26+/m0/s1. The molecule has 2 rings (SSSR count). The van der Waals surface area contributed by atoms with E-state index in [0.717, 1.165) is 0 Å². The van der Waals surface area contributed by atoms with Crippen LogP contribution in [0.3, 0.4) is 0 Å². The third-order valence-corrected chi connectivity index (χ3v) is 6.95. The smallest absolute Gasteiger partial charge is 0.335 e. The number of carboxylic acid groups (broad SMARTS) is 2. The topological polar surface area (TPSA) is 237 Å². The number of hydrogen-bond donors (Lipinski definition) is 8. The maximum atomic E-state index is 13.4. The van der Waals surface area contributed by atoms with Crippen LogP contribution in [0, 0.1) is 5.92 Å². The number of aromatic carboxylic acids is 1. The molecule has 0 aromatic heterocycles. The number of aliphatic hydroxyl groups excluding tert-OH is 1. The molecule has 5 atom stereocenters. The first-order valence-corrected chi connectivity index (χ1v) is 14.5. The van der Waals surface area contributed by atoms with Crippen LogP contribution in [-0.4, -0.2) is 81.2 Å². The lowest BCUT2D eigenvalue weighted by molar-refractivity contribution is -0.137. The number of aliphatic carboxylic acids is 1. The van der Waals surface area contributed by atoms with Crippen LogP contribution in [0.2, 0.25) is 0 Å². The van der Waals surface area contributed by atoms with E-state index in [1.54, 1.807) is 51.1 Å². The molecule has 0 radical (unpaired) electrons. The van der Waals surface area contributed by atoms with E-state index in [4.69, 9.17) is 10.8 Å². The van der Waals surface area contributed by atoms with Crippen molar-refractivity contribution < 1.29 is 44.1 Å². The number of nitrogens with one attached hydrogen (secondary N) is 4. The fraction of sp³-hybridized carbons (Fsp3) is 0.419. The summed E-state index contributed by atoms with van der Waals surface area (Å²) in [6.45, 7) is 4.98. The predicted octanol–water partition coefficient (Wildman–Crippen LogP) is 0.639. The molecule has 14 heteroatoms. The summed E-state index contributed by atoms with van der Waals surface area (Å²) in [6, 6.07) is 9.71. The monoisotopic (exact) mass is 627 g/mol. The fourth-order valence-electron chi connectivity index (χ4n) is 4.34. The van der Waals surface area contributed by atoms with Crippen molar-refractivity contribution in [1.29, 1.82) is 0 Å². The van der Waals surface area contributed by atoms with Gasteiger partial charge in [-0.05, 0) is 48.9 Å². The number of carboxylic acids is 2. The molecule has 2 aromatic rings. The zero-order valence-corrected chi connectivity index (χ0v) is 25.4. The molecule has 0 unspecified atom stereocenters. The number of amides is 4. The first-order valence-electron chi connectivity index (χ1n) is 14.5. The van der Waals surface area contributed by atoms with Crippen LogP contribution in [0.15, 0.2) is 54.6 Å². The van der Waals surface area contributed by atoms with Gasteiger partial charge in [0.1, 0.15) is 12.1 Å². The molecule has 0 bridgehead atoms. The van der Waals surface area contributed by atoms with E-state index in [0.29, 0.717) is 5.56 Å². The summed E-state index contributed by atoms with van der Waals surface area (Å²) in [6.07, 6.45) is -2.06. The second kappa shape index (κ2) is 17.5. The van der Waals surface area contributed by atoms with Crippen LogP contribution in [0.5, 0.6) is 0 Å². The summed E-state index contributed by atoms with van der Waals surface area (Å²) in [7, 11) is 0. The minimum absolute atomic E-state index is 0.0413. The van der Waals surface area contributed by atoms with Gasteiger partial charge in [0.15, 0.2) is 6.10 Å². The Morgan fingerprint density at radius 1 is 0.822 bits per heavy atom. The minimum atomic E-state index is -1.77. The van der Waals surface area contributed by atoms with Gasteiger partial charge < -0.3 is 42.3 Å². The largest absolute Gasteiger partial charge is 0.481 e. The van der Waals surface area contributed by atoms with E-state index in [1.165, 1.54) is 24.3 Å². The van der Waals surface area contributed by atoms with Crippen LogP contribution >= 0.6 is 0 Å². The van der Waals surface area contributed by atoms with Gasteiger partial charge in [0, 0.05) is 12.1 Å². The lowest BCUT2D eigenvalue weighted by atomic mass is 9.99. The SMILES string of the molecule is CC[C@H](NC(=O)[C@@H](NC(=O)[C@@H](N)CCC(=O)O)C(C)C)C(=O)N[C@@H](Cc1ccccc1)[C@@H](O)C(=O)Nc1cccc(C(=O)O)c1. The number of carbonyl (C=O) groups is 6. The van der Waals surface area contributed by atoms with Crippen molar-refractivity contribution in [3.05, 3.63) is 65.7 Å². The van der Waals surface area contributed by atoms with Crippen molar-refractivity contribution >= 4 is 41.3 Å². The van der Waals surface area contributed by atoms with Gasteiger partial charge in [-0.3, -0.25) is 24.0 Å². The molecule has 14 nitrogen and oxygen atoms in total. The molecule has 244 valence electrons. The highest BCUT2D eigenvalue weighted by atomic mass is 16.4. The summed E-state index contributed by atoms with van der Waals surface area (Å²) in [4.78, 5) is 74.2. The molecular weight excluding hydrogens is 586 g/mol. The Morgan fingerprint density at radius 3 is 2.07 bits per heavy atom. The average molecular weight is 628 g/mol. The highest BCUT2D eigenvalue weighted by Crippen LogP contribution is 2.14. The summed E-state index contributed by atoms with van der Waals surface area (Å²) in [5, 5.41) is 39.3. The third-order valence-electron chi connectivity index (χ3n) is 6.95. The molecular formula is C31H41N5O9. The number of hydrogen-bond acceptors (Lipinski definition) is 8. The summed E-state index contributed by atoms with van der Waals surface area (Å²) in [5.74, 6) is -5.72. The lowest BCUT2D eigenvalue weighted by Gasteiger charge is -2.28. The lowest BCUT2D eigenvalue weighted by Crippen LogP contribution is -2.59. The Morgan fingerprint density at radius 2 is 1.49 bits per heavy atom. The second-order valence-corrected chi connectivity index (χ2v) is 10.9. The maximum Gasteiger partial charge on any atom is 0.335 e. The van der Waals surface area contributed by atoms with Gasteiger partial charge in [0.25, 0.3) is 5.91 Å². The minimum Gasteiger partial charge on any atom is -0.481 e. The van der Waals surface area contributed by atoms with Gasteiger partial charge >= 0.3 is 11.9 Å². The fourth-order valence-corrected chi connectivity index (χ4v) is 4.34. The first-order chi connectivity index (χ1) is 21.2. The first kappa shape index (κ1) is 36.4. The molecule has 0 saturated heterocycles. The highest BCUT2D eigenvalue weighted by molar-refractivity contribution is 5.97. The Labute approximate surface area is 260 Å². The van der Waals surface area contributed by atoms with Gasteiger partial charge in [-0.1, -0.05) is 57.2 Å². The Bertz CT molecular complexity index is 1350. The van der Waals surface area contributed by atoms with E-state index in [1.807, 2.05) is 0 Å². The van der Waals surface area contributed by atoms with Crippen LogP contribution in [0.25, 0.3) is 0 Å². The van der Waals surface area contributed by atoms with Crippen molar-refractivity contribution in [3.8, 4) is 0 Å². The number of rotatable bonds is 17. The van der Waals surface area contributed by atoms with Crippen molar-refractivity contribution in [2.75, 3.05) is 5.32 Å². The number of anilines is 1. The average Bonchev–Trinajstić information content (AvgIpc) is 3.00. The number of aliphatic hydroxyl groups is 1.